The fraction of sp³-hybridized carbons (Fsp3) is 0.188. The number of rotatable bonds is 4. The smallest absolute Gasteiger partial charge is 0.420 e. The predicted molar refractivity (Wildman–Crippen MR) is 77.2 cm³/mol. The molecule has 0 amide bonds. The van der Waals surface area contributed by atoms with Crippen LogP contribution in [0.4, 0.5) is 0 Å². The fourth-order valence-corrected chi connectivity index (χ4v) is 2.26. The van der Waals surface area contributed by atoms with Crippen LogP contribution in [0.1, 0.15) is 12.5 Å². The van der Waals surface area contributed by atoms with Gasteiger partial charge in [-0.15, -0.1) is 0 Å². The second-order valence-electron chi connectivity index (χ2n) is 4.46. The van der Waals surface area contributed by atoms with Crippen molar-refractivity contribution in [1.29, 1.82) is 0 Å². The molecule has 1 heterocycles. The van der Waals surface area contributed by atoms with Crippen molar-refractivity contribution in [3.8, 4) is 5.75 Å². The molecule has 0 radical (unpaired) electrons. The van der Waals surface area contributed by atoms with Crippen molar-refractivity contribution < 1.29 is 9.15 Å². The highest BCUT2D eigenvalue weighted by Gasteiger charge is 2.11. The Morgan fingerprint density at radius 2 is 1.85 bits per heavy atom. The molecule has 1 aromatic heterocycles. The molecule has 4 heteroatoms. The molecule has 20 heavy (non-hydrogen) atoms. The Kier molecular flexibility index (Phi) is 3.29. The first-order valence-electron chi connectivity index (χ1n) is 6.58. The van der Waals surface area contributed by atoms with Crippen LogP contribution in [0.25, 0.3) is 11.1 Å². The Morgan fingerprint density at radius 1 is 1.10 bits per heavy atom. The molecule has 0 fully saturated rings. The van der Waals surface area contributed by atoms with Crippen LogP contribution in [0.3, 0.4) is 0 Å². The monoisotopic (exact) mass is 269 g/mol. The molecule has 4 nitrogen and oxygen atoms in total. The van der Waals surface area contributed by atoms with E-state index in [1.807, 2.05) is 49.4 Å². The van der Waals surface area contributed by atoms with Crippen LogP contribution in [0, 0.1) is 0 Å². The highest BCUT2D eigenvalue weighted by Crippen LogP contribution is 2.21. The van der Waals surface area contributed by atoms with E-state index in [-0.39, 0.29) is 5.76 Å². The van der Waals surface area contributed by atoms with E-state index in [1.54, 1.807) is 10.6 Å². The molecule has 0 saturated carbocycles. The number of benzene rings is 2. The standard InChI is InChI=1S/C16H15NO3/c1-2-19-14-9-5-3-7-12(14)11-17-13-8-4-6-10-15(13)20-16(17)18/h3-10H,2,11H2,1H3. The van der Waals surface area contributed by atoms with Gasteiger partial charge in [0.05, 0.1) is 18.7 Å². The molecular weight excluding hydrogens is 254 g/mol. The van der Waals surface area contributed by atoms with Gasteiger partial charge in [0.1, 0.15) is 5.75 Å². The summed E-state index contributed by atoms with van der Waals surface area (Å²) in [5, 5.41) is 0. The van der Waals surface area contributed by atoms with Crippen molar-refractivity contribution in [3.63, 3.8) is 0 Å². The Morgan fingerprint density at radius 3 is 2.70 bits per heavy atom. The van der Waals surface area contributed by atoms with E-state index in [4.69, 9.17) is 9.15 Å². The van der Waals surface area contributed by atoms with Gasteiger partial charge in [0, 0.05) is 5.56 Å². The number of aromatic nitrogens is 1. The molecule has 0 atom stereocenters. The van der Waals surface area contributed by atoms with Gasteiger partial charge in [0.25, 0.3) is 0 Å². The molecule has 3 rings (SSSR count). The predicted octanol–water partition coefficient (Wildman–Crippen LogP) is 3.04. The summed E-state index contributed by atoms with van der Waals surface area (Å²) in [5.41, 5.74) is 2.36. The van der Waals surface area contributed by atoms with Crippen LogP contribution in [-0.2, 0) is 6.54 Å². The first kappa shape index (κ1) is 12.5. The lowest BCUT2D eigenvalue weighted by Gasteiger charge is -2.10. The Bertz CT molecular complexity index is 786. The zero-order chi connectivity index (χ0) is 13.9. The van der Waals surface area contributed by atoms with Gasteiger partial charge in [0.2, 0.25) is 0 Å². The maximum absolute atomic E-state index is 12.0. The number of nitrogens with zero attached hydrogens (tertiary/aromatic N) is 1. The third kappa shape index (κ3) is 2.20. The molecule has 102 valence electrons. The summed E-state index contributed by atoms with van der Waals surface area (Å²) >= 11 is 0. The van der Waals surface area contributed by atoms with E-state index in [2.05, 4.69) is 0 Å². The highest BCUT2D eigenvalue weighted by atomic mass is 16.5. The van der Waals surface area contributed by atoms with Gasteiger partial charge < -0.3 is 9.15 Å². The number of ether oxygens (including phenoxy) is 1. The molecular formula is C16H15NO3. The minimum absolute atomic E-state index is 0.350. The lowest BCUT2D eigenvalue weighted by atomic mass is 10.2. The maximum Gasteiger partial charge on any atom is 0.420 e. The van der Waals surface area contributed by atoms with Crippen LogP contribution in [0.5, 0.6) is 5.75 Å². The largest absolute Gasteiger partial charge is 0.494 e. The second kappa shape index (κ2) is 5.25. The van der Waals surface area contributed by atoms with Gasteiger partial charge in [-0.2, -0.15) is 0 Å². The van der Waals surface area contributed by atoms with Crippen molar-refractivity contribution in [2.24, 2.45) is 0 Å². The zero-order valence-corrected chi connectivity index (χ0v) is 11.2. The topological polar surface area (TPSA) is 44.4 Å². The second-order valence-corrected chi connectivity index (χ2v) is 4.46. The van der Waals surface area contributed by atoms with Gasteiger partial charge in [-0.05, 0) is 25.1 Å². The van der Waals surface area contributed by atoms with E-state index in [1.165, 1.54) is 0 Å². The van der Waals surface area contributed by atoms with E-state index >= 15 is 0 Å². The van der Waals surface area contributed by atoms with E-state index < -0.39 is 0 Å². The van der Waals surface area contributed by atoms with Gasteiger partial charge >= 0.3 is 5.76 Å². The molecule has 2 aromatic carbocycles. The summed E-state index contributed by atoms with van der Waals surface area (Å²) in [6.45, 7) is 2.97. The summed E-state index contributed by atoms with van der Waals surface area (Å²) in [5.74, 6) is 0.449. The third-order valence-corrected chi connectivity index (χ3v) is 3.17. The van der Waals surface area contributed by atoms with Crippen LogP contribution in [0.2, 0.25) is 0 Å². The van der Waals surface area contributed by atoms with Crippen molar-refractivity contribution in [1.82, 2.24) is 4.57 Å². The number of hydrogen-bond acceptors (Lipinski definition) is 3. The average molecular weight is 269 g/mol. The number of hydrogen-bond donors (Lipinski definition) is 0. The van der Waals surface area contributed by atoms with Crippen molar-refractivity contribution >= 4 is 11.1 Å². The van der Waals surface area contributed by atoms with Crippen molar-refractivity contribution in [2.75, 3.05) is 6.61 Å². The molecule has 0 saturated heterocycles. The van der Waals surface area contributed by atoms with Crippen molar-refractivity contribution in [2.45, 2.75) is 13.5 Å². The summed E-state index contributed by atoms with van der Waals surface area (Å²) in [4.78, 5) is 12.0. The minimum atomic E-state index is -0.350. The quantitative estimate of drug-likeness (QED) is 0.731. The van der Waals surface area contributed by atoms with Gasteiger partial charge in [-0.3, -0.25) is 4.57 Å². The van der Waals surface area contributed by atoms with Gasteiger partial charge in [-0.25, -0.2) is 4.79 Å². The number of para-hydroxylation sites is 3. The lowest BCUT2D eigenvalue weighted by molar-refractivity contribution is 0.335. The first-order valence-corrected chi connectivity index (χ1v) is 6.58. The molecule has 0 unspecified atom stereocenters. The van der Waals surface area contributed by atoms with E-state index in [0.717, 1.165) is 16.8 Å². The number of oxazole rings is 1. The molecule has 3 aromatic rings. The fourth-order valence-electron chi connectivity index (χ4n) is 2.26. The minimum Gasteiger partial charge on any atom is -0.494 e. The van der Waals surface area contributed by atoms with Crippen LogP contribution < -0.4 is 10.5 Å². The summed E-state index contributed by atoms with van der Waals surface area (Å²) in [6.07, 6.45) is 0. The van der Waals surface area contributed by atoms with E-state index in [0.29, 0.717) is 18.7 Å². The molecule has 0 N–H and O–H groups in total. The molecule has 0 aliphatic carbocycles. The summed E-state index contributed by atoms with van der Waals surface area (Å²) < 4.78 is 12.4. The van der Waals surface area contributed by atoms with Gasteiger partial charge in [-0.1, -0.05) is 30.3 Å². The van der Waals surface area contributed by atoms with Crippen LogP contribution >= 0.6 is 0 Å². The van der Waals surface area contributed by atoms with E-state index in [9.17, 15) is 4.79 Å². The Hall–Kier alpha value is -2.49. The SMILES string of the molecule is CCOc1ccccc1Cn1c(=O)oc2ccccc21. The lowest BCUT2D eigenvalue weighted by Crippen LogP contribution is -2.15. The molecule has 0 bridgehead atoms. The molecule has 0 spiro atoms. The molecule has 0 aliphatic heterocycles. The van der Waals surface area contributed by atoms with Crippen molar-refractivity contribution in [3.05, 3.63) is 64.6 Å². The first-order chi connectivity index (χ1) is 9.79. The van der Waals surface area contributed by atoms with Crippen LogP contribution in [-0.4, -0.2) is 11.2 Å². The van der Waals surface area contributed by atoms with Crippen LogP contribution in [0.15, 0.2) is 57.7 Å². The number of fused-ring (bicyclic) bond motifs is 1. The zero-order valence-electron chi connectivity index (χ0n) is 11.2. The highest BCUT2D eigenvalue weighted by molar-refractivity contribution is 5.72. The summed E-state index contributed by atoms with van der Waals surface area (Å²) in [7, 11) is 0. The van der Waals surface area contributed by atoms with Gasteiger partial charge in [0.15, 0.2) is 5.58 Å². The maximum atomic E-state index is 12.0. The Balaban J connectivity index is 2.06. The molecule has 0 aliphatic rings. The normalized spacial score (nSPS) is 10.8. The summed E-state index contributed by atoms with van der Waals surface area (Å²) in [6, 6.07) is 15.1. The third-order valence-electron chi connectivity index (χ3n) is 3.17. The average Bonchev–Trinajstić information content (AvgIpc) is 2.78. The Labute approximate surface area is 116 Å².